The number of nitrogens with one attached hydrogen (secondary N) is 2. The van der Waals surface area contributed by atoms with Crippen molar-refractivity contribution in [1.29, 1.82) is 0 Å². The van der Waals surface area contributed by atoms with Gasteiger partial charge in [-0.15, -0.1) is 0 Å². The van der Waals surface area contributed by atoms with Gasteiger partial charge in [-0.3, -0.25) is 14.4 Å². The van der Waals surface area contributed by atoms with E-state index in [2.05, 4.69) is 10.6 Å². The lowest BCUT2D eigenvalue weighted by Crippen LogP contribution is -2.50. The standard InChI is InChI=1S/C24H25N3O5/c28-22-11-16(13-27(22)18-8-9-20-21(12-18)32-14-31-20)23(29)26-19(24(30)25-17-6-7-17)10-15-4-2-1-3-5-15/h1-5,8-9,12,16-17,19H,6-7,10-11,13-14H2,(H,25,30)(H,26,29). The van der Waals surface area contributed by atoms with Gasteiger partial charge < -0.3 is 25.0 Å². The quantitative estimate of drug-likeness (QED) is 0.691. The molecule has 1 saturated heterocycles. The minimum atomic E-state index is -0.680. The Hall–Kier alpha value is -3.55. The van der Waals surface area contributed by atoms with E-state index in [1.807, 2.05) is 30.3 Å². The number of anilines is 1. The molecule has 5 rings (SSSR count). The van der Waals surface area contributed by atoms with Crippen LogP contribution < -0.4 is 25.0 Å². The first-order chi connectivity index (χ1) is 15.6. The average Bonchev–Trinajstić information content (AvgIpc) is 3.33. The van der Waals surface area contributed by atoms with Gasteiger partial charge in [0, 0.05) is 37.2 Å². The van der Waals surface area contributed by atoms with Gasteiger partial charge in [0.05, 0.1) is 5.92 Å². The Kier molecular flexibility index (Phi) is 5.43. The summed E-state index contributed by atoms with van der Waals surface area (Å²) in [6.45, 7) is 0.413. The van der Waals surface area contributed by atoms with E-state index in [4.69, 9.17) is 9.47 Å². The van der Waals surface area contributed by atoms with Crippen molar-refractivity contribution in [2.45, 2.75) is 37.8 Å². The van der Waals surface area contributed by atoms with Crippen LogP contribution in [0.3, 0.4) is 0 Å². The zero-order valence-corrected chi connectivity index (χ0v) is 17.6. The monoisotopic (exact) mass is 435 g/mol. The highest BCUT2D eigenvalue weighted by molar-refractivity contribution is 6.01. The van der Waals surface area contributed by atoms with Crippen molar-refractivity contribution >= 4 is 23.4 Å². The Labute approximate surface area is 185 Å². The summed E-state index contributed by atoms with van der Waals surface area (Å²) < 4.78 is 10.7. The van der Waals surface area contributed by atoms with Crippen LogP contribution in [-0.4, -0.2) is 43.1 Å². The molecule has 3 amide bonds. The van der Waals surface area contributed by atoms with E-state index in [0.29, 0.717) is 23.6 Å². The summed E-state index contributed by atoms with van der Waals surface area (Å²) >= 11 is 0. The zero-order valence-electron chi connectivity index (χ0n) is 17.6. The molecule has 3 aliphatic rings. The number of hydrogen-bond acceptors (Lipinski definition) is 5. The lowest BCUT2D eigenvalue weighted by Gasteiger charge is -2.21. The number of ether oxygens (including phenoxy) is 2. The Bertz CT molecular complexity index is 1040. The largest absolute Gasteiger partial charge is 0.454 e. The van der Waals surface area contributed by atoms with Crippen LogP contribution in [0.15, 0.2) is 48.5 Å². The molecule has 2 unspecified atom stereocenters. The first kappa shape index (κ1) is 20.4. The van der Waals surface area contributed by atoms with Crippen LogP contribution in [0.5, 0.6) is 11.5 Å². The first-order valence-corrected chi connectivity index (χ1v) is 10.9. The molecule has 2 aromatic rings. The molecule has 2 aromatic carbocycles. The molecule has 2 heterocycles. The highest BCUT2D eigenvalue weighted by atomic mass is 16.7. The molecule has 2 atom stereocenters. The SMILES string of the molecule is O=C(NC(Cc1ccccc1)C(=O)NC1CC1)C1CC(=O)N(c2ccc3c(c2)OCO3)C1. The highest BCUT2D eigenvalue weighted by Crippen LogP contribution is 2.37. The predicted octanol–water partition coefficient (Wildman–Crippen LogP) is 1.77. The lowest BCUT2D eigenvalue weighted by molar-refractivity contribution is -0.131. The number of rotatable bonds is 7. The van der Waals surface area contributed by atoms with Gasteiger partial charge in [0.25, 0.3) is 0 Å². The van der Waals surface area contributed by atoms with Gasteiger partial charge in [-0.2, -0.15) is 0 Å². The van der Waals surface area contributed by atoms with Gasteiger partial charge in [0.1, 0.15) is 6.04 Å². The maximum atomic E-state index is 13.0. The highest BCUT2D eigenvalue weighted by Gasteiger charge is 2.37. The molecule has 1 saturated carbocycles. The number of amides is 3. The van der Waals surface area contributed by atoms with Gasteiger partial charge >= 0.3 is 0 Å². The number of carbonyl (C=O) groups is 3. The third-order valence-corrected chi connectivity index (χ3v) is 6.00. The number of fused-ring (bicyclic) bond motifs is 1. The Morgan fingerprint density at radius 1 is 1.06 bits per heavy atom. The summed E-state index contributed by atoms with van der Waals surface area (Å²) in [4.78, 5) is 40.1. The molecular weight excluding hydrogens is 410 g/mol. The summed E-state index contributed by atoms with van der Waals surface area (Å²) in [6, 6.07) is 14.4. The Balaban J connectivity index is 1.26. The van der Waals surface area contributed by atoms with Crippen LogP contribution in [0.25, 0.3) is 0 Å². The maximum absolute atomic E-state index is 13.0. The summed E-state index contributed by atoms with van der Waals surface area (Å²) in [6.07, 6.45) is 2.44. The maximum Gasteiger partial charge on any atom is 0.243 e. The van der Waals surface area contributed by atoms with Gasteiger partial charge in [-0.05, 0) is 30.5 Å². The van der Waals surface area contributed by atoms with Crippen molar-refractivity contribution in [2.24, 2.45) is 5.92 Å². The average molecular weight is 435 g/mol. The fourth-order valence-corrected chi connectivity index (χ4v) is 4.06. The molecule has 2 N–H and O–H groups in total. The Morgan fingerprint density at radius 3 is 2.62 bits per heavy atom. The molecular formula is C24H25N3O5. The molecule has 1 aliphatic carbocycles. The smallest absolute Gasteiger partial charge is 0.243 e. The van der Waals surface area contributed by atoms with Crippen molar-refractivity contribution in [3.63, 3.8) is 0 Å². The number of nitrogens with zero attached hydrogens (tertiary/aromatic N) is 1. The predicted molar refractivity (Wildman–Crippen MR) is 116 cm³/mol. The van der Waals surface area contributed by atoms with E-state index in [1.165, 1.54) is 0 Å². The number of carbonyl (C=O) groups excluding carboxylic acids is 3. The van der Waals surface area contributed by atoms with Gasteiger partial charge in [-0.25, -0.2) is 0 Å². The summed E-state index contributed by atoms with van der Waals surface area (Å²) in [5.74, 6) is 0.101. The van der Waals surface area contributed by atoms with E-state index in [9.17, 15) is 14.4 Å². The minimum absolute atomic E-state index is 0.0998. The number of hydrogen-bond donors (Lipinski definition) is 2. The van der Waals surface area contributed by atoms with Crippen molar-refractivity contribution in [2.75, 3.05) is 18.2 Å². The van der Waals surface area contributed by atoms with Gasteiger partial charge in [-0.1, -0.05) is 30.3 Å². The topological polar surface area (TPSA) is 97.0 Å². The van der Waals surface area contributed by atoms with Crippen molar-refractivity contribution < 1.29 is 23.9 Å². The van der Waals surface area contributed by atoms with Crippen LogP contribution in [0.2, 0.25) is 0 Å². The number of benzene rings is 2. The van der Waals surface area contributed by atoms with Crippen LogP contribution in [0.4, 0.5) is 5.69 Å². The zero-order chi connectivity index (χ0) is 22.1. The van der Waals surface area contributed by atoms with E-state index in [1.54, 1.807) is 23.1 Å². The van der Waals surface area contributed by atoms with Crippen molar-refractivity contribution in [1.82, 2.24) is 10.6 Å². The molecule has 32 heavy (non-hydrogen) atoms. The lowest BCUT2D eigenvalue weighted by atomic mass is 10.0. The summed E-state index contributed by atoms with van der Waals surface area (Å²) in [5.41, 5.74) is 1.63. The summed E-state index contributed by atoms with van der Waals surface area (Å²) in [5, 5.41) is 5.88. The van der Waals surface area contributed by atoms with Gasteiger partial charge in [0.2, 0.25) is 24.5 Å². The molecule has 8 heteroatoms. The van der Waals surface area contributed by atoms with Gasteiger partial charge in [0.15, 0.2) is 11.5 Å². The molecule has 0 radical (unpaired) electrons. The molecule has 0 aromatic heterocycles. The molecule has 166 valence electrons. The van der Waals surface area contributed by atoms with E-state index < -0.39 is 12.0 Å². The van der Waals surface area contributed by atoms with Crippen LogP contribution >= 0.6 is 0 Å². The van der Waals surface area contributed by atoms with Crippen molar-refractivity contribution in [3.05, 3.63) is 54.1 Å². The van der Waals surface area contributed by atoms with E-state index in [0.717, 1.165) is 18.4 Å². The third kappa shape index (κ3) is 4.39. The normalized spacial score (nSPS) is 20.2. The second-order valence-corrected chi connectivity index (χ2v) is 8.48. The first-order valence-electron chi connectivity index (χ1n) is 10.9. The van der Waals surface area contributed by atoms with Crippen LogP contribution in [0.1, 0.15) is 24.8 Å². The molecule has 0 bridgehead atoms. The third-order valence-electron chi connectivity index (χ3n) is 6.00. The Morgan fingerprint density at radius 2 is 1.84 bits per heavy atom. The van der Waals surface area contributed by atoms with E-state index in [-0.39, 0.29) is 43.5 Å². The van der Waals surface area contributed by atoms with Crippen molar-refractivity contribution in [3.8, 4) is 11.5 Å². The molecule has 2 aliphatic heterocycles. The fourth-order valence-electron chi connectivity index (χ4n) is 4.06. The van der Waals surface area contributed by atoms with E-state index >= 15 is 0 Å². The molecule has 2 fully saturated rings. The van der Waals surface area contributed by atoms with Crippen LogP contribution in [-0.2, 0) is 20.8 Å². The second-order valence-electron chi connectivity index (χ2n) is 8.48. The second kappa shape index (κ2) is 8.53. The molecule has 0 spiro atoms. The molecule has 8 nitrogen and oxygen atoms in total. The fraction of sp³-hybridized carbons (Fsp3) is 0.375. The summed E-state index contributed by atoms with van der Waals surface area (Å²) in [7, 11) is 0. The minimum Gasteiger partial charge on any atom is -0.454 e. The van der Waals surface area contributed by atoms with Crippen LogP contribution in [0, 0.1) is 5.92 Å².